The highest BCUT2D eigenvalue weighted by Gasteiger charge is 2.12. The van der Waals surface area contributed by atoms with Crippen molar-refractivity contribution in [2.45, 2.75) is 19.9 Å². The van der Waals surface area contributed by atoms with E-state index in [0.717, 1.165) is 33.6 Å². The standard InChI is InChI=1S/C18H16ClNO2/c1-2-15-9-12-7-8-13(18(21)22)10-17(12)20(15)11-14-5-3-4-6-16(14)19/h3-10H,2,11H2,1H3,(H,21,22). The fourth-order valence-corrected chi connectivity index (χ4v) is 2.92. The predicted octanol–water partition coefficient (Wildman–Crippen LogP) is 4.60. The van der Waals surface area contributed by atoms with Crippen molar-refractivity contribution in [1.29, 1.82) is 0 Å². The number of halogens is 1. The number of carboxylic acids is 1. The average molecular weight is 314 g/mol. The SMILES string of the molecule is CCc1cc2ccc(C(=O)O)cc2n1Cc1ccccc1Cl. The number of rotatable bonds is 4. The van der Waals surface area contributed by atoms with Crippen molar-refractivity contribution in [3.8, 4) is 0 Å². The molecule has 0 aliphatic carbocycles. The summed E-state index contributed by atoms with van der Waals surface area (Å²) in [7, 11) is 0. The second-order valence-electron chi connectivity index (χ2n) is 5.25. The number of carboxylic acid groups (broad SMARTS) is 1. The Bertz CT molecular complexity index is 851. The summed E-state index contributed by atoms with van der Waals surface area (Å²) in [4.78, 5) is 11.2. The van der Waals surface area contributed by atoms with E-state index in [9.17, 15) is 9.90 Å². The van der Waals surface area contributed by atoms with Crippen molar-refractivity contribution in [2.75, 3.05) is 0 Å². The summed E-state index contributed by atoms with van der Waals surface area (Å²) in [6.45, 7) is 2.73. The van der Waals surface area contributed by atoms with Crippen LogP contribution in [0, 0.1) is 0 Å². The first kappa shape index (κ1) is 14.7. The van der Waals surface area contributed by atoms with E-state index in [1.807, 2.05) is 30.3 Å². The van der Waals surface area contributed by atoms with E-state index in [0.29, 0.717) is 12.1 Å². The van der Waals surface area contributed by atoms with E-state index < -0.39 is 5.97 Å². The summed E-state index contributed by atoms with van der Waals surface area (Å²) in [6, 6.07) is 15.1. The number of fused-ring (bicyclic) bond motifs is 1. The van der Waals surface area contributed by atoms with Gasteiger partial charge in [0.2, 0.25) is 0 Å². The molecule has 3 nitrogen and oxygen atoms in total. The van der Waals surface area contributed by atoms with E-state index in [-0.39, 0.29) is 0 Å². The van der Waals surface area contributed by atoms with Crippen LogP contribution in [0.2, 0.25) is 5.02 Å². The lowest BCUT2D eigenvalue weighted by Crippen LogP contribution is -2.05. The molecule has 0 aliphatic heterocycles. The van der Waals surface area contributed by atoms with Gasteiger partial charge in [0.1, 0.15) is 0 Å². The van der Waals surface area contributed by atoms with Crippen molar-refractivity contribution >= 4 is 28.5 Å². The maximum absolute atomic E-state index is 11.2. The van der Waals surface area contributed by atoms with Crippen LogP contribution in [0.4, 0.5) is 0 Å². The summed E-state index contributed by atoms with van der Waals surface area (Å²) >= 11 is 6.26. The van der Waals surface area contributed by atoms with Crippen molar-refractivity contribution in [1.82, 2.24) is 4.57 Å². The third-order valence-electron chi connectivity index (χ3n) is 3.89. The van der Waals surface area contributed by atoms with Crippen LogP contribution in [0.5, 0.6) is 0 Å². The van der Waals surface area contributed by atoms with Crippen LogP contribution >= 0.6 is 11.6 Å². The monoisotopic (exact) mass is 313 g/mol. The molecule has 1 heterocycles. The topological polar surface area (TPSA) is 42.2 Å². The van der Waals surface area contributed by atoms with Gasteiger partial charge in [0.05, 0.1) is 5.56 Å². The van der Waals surface area contributed by atoms with Crippen molar-refractivity contribution < 1.29 is 9.90 Å². The van der Waals surface area contributed by atoms with Gasteiger partial charge in [-0.05, 0) is 41.6 Å². The Balaban J connectivity index is 2.15. The zero-order valence-electron chi connectivity index (χ0n) is 12.2. The Morgan fingerprint density at radius 3 is 2.64 bits per heavy atom. The van der Waals surface area contributed by atoms with E-state index in [4.69, 9.17) is 11.6 Å². The summed E-state index contributed by atoms with van der Waals surface area (Å²) in [5.74, 6) is -0.912. The molecule has 0 radical (unpaired) electrons. The number of aryl methyl sites for hydroxylation is 1. The number of hydrogen-bond acceptors (Lipinski definition) is 1. The Hall–Kier alpha value is -2.26. The molecule has 0 spiro atoms. The third-order valence-corrected chi connectivity index (χ3v) is 4.25. The molecule has 1 aromatic heterocycles. The first-order valence-electron chi connectivity index (χ1n) is 7.19. The molecule has 3 aromatic rings. The fraction of sp³-hybridized carbons (Fsp3) is 0.167. The molecule has 0 bridgehead atoms. The lowest BCUT2D eigenvalue weighted by atomic mass is 10.1. The maximum atomic E-state index is 11.2. The van der Waals surface area contributed by atoms with Crippen LogP contribution in [0.15, 0.2) is 48.5 Å². The van der Waals surface area contributed by atoms with Crippen LogP contribution in [-0.2, 0) is 13.0 Å². The smallest absolute Gasteiger partial charge is 0.335 e. The lowest BCUT2D eigenvalue weighted by molar-refractivity contribution is 0.0697. The zero-order valence-corrected chi connectivity index (χ0v) is 13.0. The molecular formula is C18H16ClNO2. The molecule has 0 amide bonds. The molecule has 0 fully saturated rings. The fourth-order valence-electron chi connectivity index (χ4n) is 2.72. The average Bonchev–Trinajstić information content (AvgIpc) is 2.86. The van der Waals surface area contributed by atoms with Gasteiger partial charge in [-0.15, -0.1) is 0 Å². The Kier molecular flexibility index (Phi) is 3.90. The number of nitrogens with zero attached hydrogens (tertiary/aromatic N) is 1. The normalized spacial score (nSPS) is 11.0. The molecular weight excluding hydrogens is 298 g/mol. The van der Waals surface area contributed by atoms with E-state index in [1.165, 1.54) is 0 Å². The number of carbonyl (C=O) groups is 1. The molecule has 112 valence electrons. The summed E-state index contributed by atoms with van der Waals surface area (Å²) in [6.07, 6.45) is 0.877. The van der Waals surface area contributed by atoms with Crippen LogP contribution in [-0.4, -0.2) is 15.6 Å². The molecule has 0 saturated carbocycles. The molecule has 3 rings (SSSR count). The highest BCUT2D eigenvalue weighted by molar-refractivity contribution is 6.31. The minimum Gasteiger partial charge on any atom is -0.478 e. The van der Waals surface area contributed by atoms with Crippen LogP contribution < -0.4 is 0 Å². The summed E-state index contributed by atoms with van der Waals surface area (Å²) in [5, 5.41) is 11.0. The predicted molar refractivity (Wildman–Crippen MR) is 88.8 cm³/mol. The largest absolute Gasteiger partial charge is 0.478 e. The van der Waals surface area contributed by atoms with Gasteiger partial charge in [-0.25, -0.2) is 4.79 Å². The maximum Gasteiger partial charge on any atom is 0.335 e. The van der Waals surface area contributed by atoms with Crippen molar-refractivity contribution in [3.05, 3.63) is 70.4 Å². The molecule has 0 unspecified atom stereocenters. The van der Waals surface area contributed by atoms with Gasteiger partial charge in [-0.1, -0.05) is 42.8 Å². The molecule has 22 heavy (non-hydrogen) atoms. The van der Waals surface area contributed by atoms with Gasteiger partial charge >= 0.3 is 5.97 Å². The highest BCUT2D eigenvalue weighted by Crippen LogP contribution is 2.25. The molecule has 4 heteroatoms. The van der Waals surface area contributed by atoms with Gasteiger partial charge in [-0.3, -0.25) is 0 Å². The second kappa shape index (κ2) is 5.85. The lowest BCUT2D eigenvalue weighted by Gasteiger charge is -2.11. The molecule has 2 aromatic carbocycles. The van der Waals surface area contributed by atoms with Gasteiger partial charge < -0.3 is 9.67 Å². The van der Waals surface area contributed by atoms with Crippen molar-refractivity contribution in [2.24, 2.45) is 0 Å². The van der Waals surface area contributed by atoms with E-state index in [1.54, 1.807) is 12.1 Å². The first-order chi connectivity index (χ1) is 10.6. The quantitative estimate of drug-likeness (QED) is 0.764. The summed E-state index contributed by atoms with van der Waals surface area (Å²) < 4.78 is 2.14. The molecule has 0 atom stereocenters. The second-order valence-corrected chi connectivity index (χ2v) is 5.65. The van der Waals surface area contributed by atoms with Crippen LogP contribution in [0.1, 0.15) is 28.5 Å². The third kappa shape index (κ3) is 2.60. The molecule has 0 saturated heterocycles. The van der Waals surface area contributed by atoms with Crippen LogP contribution in [0.25, 0.3) is 10.9 Å². The molecule has 0 aliphatic rings. The van der Waals surface area contributed by atoms with Gasteiger partial charge in [0, 0.05) is 22.8 Å². The number of aromatic carboxylic acids is 1. The van der Waals surface area contributed by atoms with Crippen molar-refractivity contribution in [3.63, 3.8) is 0 Å². The van der Waals surface area contributed by atoms with Gasteiger partial charge in [0.15, 0.2) is 0 Å². The number of aromatic nitrogens is 1. The zero-order chi connectivity index (χ0) is 15.7. The van der Waals surface area contributed by atoms with Crippen LogP contribution in [0.3, 0.4) is 0 Å². The van der Waals surface area contributed by atoms with E-state index >= 15 is 0 Å². The Morgan fingerprint density at radius 2 is 1.95 bits per heavy atom. The Morgan fingerprint density at radius 1 is 1.18 bits per heavy atom. The van der Waals surface area contributed by atoms with Gasteiger partial charge in [-0.2, -0.15) is 0 Å². The number of benzene rings is 2. The minimum absolute atomic E-state index is 0.300. The Labute approximate surface area is 133 Å². The summed E-state index contributed by atoms with van der Waals surface area (Å²) in [5.41, 5.74) is 3.42. The highest BCUT2D eigenvalue weighted by atomic mass is 35.5. The minimum atomic E-state index is -0.912. The molecule has 1 N–H and O–H groups in total. The van der Waals surface area contributed by atoms with Gasteiger partial charge in [0.25, 0.3) is 0 Å². The first-order valence-corrected chi connectivity index (χ1v) is 7.57. The van der Waals surface area contributed by atoms with E-state index in [2.05, 4.69) is 17.6 Å². The number of hydrogen-bond donors (Lipinski definition) is 1.